The summed E-state index contributed by atoms with van der Waals surface area (Å²) in [5.41, 5.74) is 2.50. The van der Waals surface area contributed by atoms with Gasteiger partial charge in [0.2, 0.25) is 0 Å². The molecule has 6 nitrogen and oxygen atoms in total. The lowest BCUT2D eigenvalue weighted by atomic mass is 9.97. The summed E-state index contributed by atoms with van der Waals surface area (Å²) >= 11 is 0. The van der Waals surface area contributed by atoms with Gasteiger partial charge in [-0.3, -0.25) is 9.78 Å². The second-order valence-electron chi connectivity index (χ2n) is 6.64. The van der Waals surface area contributed by atoms with Gasteiger partial charge in [0.25, 0.3) is 0 Å². The number of nitrogens with zero attached hydrogens (tertiary/aromatic N) is 2. The number of ether oxygens (including phenoxy) is 2. The molecule has 0 aliphatic rings. The highest BCUT2D eigenvalue weighted by molar-refractivity contribution is 6.19. The highest BCUT2D eigenvalue weighted by atomic mass is 16.6. The van der Waals surface area contributed by atoms with Gasteiger partial charge in [0, 0.05) is 35.3 Å². The van der Waals surface area contributed by atoms with Gasteiger partial charge in [-0.25, -0.2) is 0 Å². The van der Waals surface area contributed by atoms with Crippen molar-refractivity contribution in [3.8, 4) is 5.75 Å². The third-order valence-electron chi connectivity index (χ3n) is 4.62. The van der Waals surface area contributed by atoms with E-state index in [0.29, 0.717) is 38.2 Å². The molecule has 0 saturated heterocycles. The maximum atomic E-state index is 11.4. The SMILES string of the molecule is CCOC(=O)CCCCO/N=C(/c1cccnc1)c1ccc(OC)c2ccccc12. The van der Waals surface area contributed by atoms with Crippen LogP contribution in [-0.4, -0.2) is 37.0 Å². The van der Waals surface area contributed by atoms with E-state index in [1.807, 2.05) is 48.5 Å². The molecule has 2 aromatic carbocycles. The van der Waals surface area contributed by atoms with Crippen molar-refractivity contribution in [3.63, 3.8) is 0 Å². The number of methoxy groups -OCH3 is 1. The van der Waals surface area contributed by atoms with Crippen molar-refractivity contribution in [2.75, 3.05) is 20.3 Å². The molecule has 1 heterocycles. The number of fused-ring (bicyclic) bond motifs is 1. The van der Waals surface area contributed by atoms with Crippen LogP contribution in [0.15, 0.2) is 66.1 Å². The average Bonchev–Trinajstić information content (AvgIpc) is 2.79. The van der Waals surface area contributed by atoms with E-state index in [2.05, 4.69) is 10.1 Å². The van der Waals surface area contributed by atoms with E-state index >= 15 is 0 Å². The molecule has 0 aliphatic carbocycles. The molecule has 0 radical (unpaired) electrons. The third-order valence-corrected chi connectivity index (χ3v) is 4.62. The first kappa shape index (κ1) is 21.3. The van der Waals surface area contributed by atoms with Crippen LogP contribution < -0.4 is 4.74 Å². The Kier molecular flexibility index (Phi) is 7.78. The summed E-state index contributed by atoms with van der Waals surface area (Å²) in [6, 6.07) is 15.8. The summed E-state index contributed by atoms with van der Waals surface area (Å²) in [5, 5.41) is 6.46. The predicted molar refractivity (Wildman–Crippen MR) is 117 cm³/mol. The molecule has 0 aliphatic heterocycles. The first-order valence-corrected chi connectivity index (χ1v) is 10.1. The smallest absolute Gasteiger partial charge is 0.305 e. The lowest BCUT2D eigenvalue weighted by molar-refractivity contribution is -0.143. The first-order valence-electron chi connectivity index (χ1n) is 10.1. The van der Waals surface area contributed by atoms with E-state index in [9.17, 15) is 4.79 Å². The van der Waals surface area contributed by atoms with E-state index in [1.165, 1.54) is 0 Å². The number of benzene rings is 2. The molecule has 156 valence electrons. The monoisotopic (exact) mass is 406 g/mol. The predicted octanol–water partition coefficient (Wildman–Crippen LogP) is 4.75. The standard InChI is InChI=1S/C24H26N2O4/c1-3-29-23(27)12-6-7-16-30-26-24(18-9-8-15-25-17-18)21-13-14-22(28-2)20-11-5-4-10-19(20)21/h4-5,8-11,13-15,17H,3,6-7,12,16H2,1-2H3/b26-24-. The van der Waals surface area contributed by atoms with Gasteiger partial charge in [-0.1, -0.05) is 29.4 Å². The lowest BCUT2D eigenvalue weighted by Crippen LogP contribution is -2.07. The highest BCUT2D eigenvalue weighted by Crippen LogP contribution is 2.30. The normalized spacial score (nSPS) is 11.3. The number of esters is 1. The first-order chi connectivity index (χ1) is 14.7. The number of carbonyl (C=O) groups excluding carboxylic acids is 1. The largest absolute Gasteiger partial charge is 0.496 e. The van der Waals surface area contributed by atoms with Gasteiger partial charge in [-0.05, 0) is 49.4 Å². The summed E-state index contributed by atoms with van der Waals surface area (Å²) in [7, 11) is 1.66. The summed E-state index contributed by atoms with van der Waals surface area (Å²) in [6.45, 7) is 2.62. The Hall–Kier alpha value is -3.41. The third kappa shape index (κ3) is 5.35. The molecule has 0 amide bonds. The molecule has 0 bridgehead atoms. The van der Waals surface area contributed by atoms with Gasteiger partial charge >= 0.3 is 5.97 Å². The number of unbranched alkanes of at least 4 members (excludes halogenated alkanes) is 1. The van der Waals surface area contributed by atoms with Crippen LogP contribution in [-0.2, 0) is 14.4 Å². The molecule has 3 aromatic rings. The Labute approximate surface area is 176 Å². The summed E-state index contributed by atoms with van der Waals surface area (Å²) < 4.78 is 10.4. The van der Waals surface area contributed by atoms with E-state index in [4.69, 9.17) is 14.3 Å². The molecule has 3 rings (SSSR count). The average molecular weight is 406 g/mol. The van der Waals surface area contributed by atoms with Crippen LogP contribution in [0.2, 0.25) is 0 Å². The second-order valence-corrected chi connectivity index (χ2v) is 6.64. The molecule has 1 aromatic heterocycles. The van der Waals surface area contributed by atoms with Crippen LogP contribution >= 0.6 is 0 Å². The number of aromatic nitrogens is 1. The van der Waals surface area contributed by atoms with Crippen molar-refractivity contribution in [2.45, 2.75) is 26.2 Å². The van der Waals surface area contributed by atoms with Gasteiger partial charge < -0.3 is 14.3 Å². The Morgan fingerprint density at radius 3 is 2.60 bits per heavy atom. The van der Waals surface area contributed by atoms with Gasteiger partial charge in [0.05, 0.1) is 13.7 Å². The van der Waals surface area contributed by atoms with Crippen LogP contribution in [0.3, 0.4) is 0 Å². The van der Waals surface area contributed by atoms with Crippen LogP contribution in [0.25, 0.3) is 10.8 Å². The van der Waals surface area contributed by atoms with Crippen molar-refractivity contribution in [1.29, 1.82) is 0 Å². The number of rotatable bonds is 10. The Bertz CT molecular complexity index is 1000. The zero-order chi connectivity index (χ0) is 21.2. The highest BCUT2D eigenvalue weighted by Gasteiger charge is 2.14. The molecule has 0 N–H and O–H groups in total. The zero-order valence-corrected chi connectivity index (χ0v) is 17.3. The van der Waals surface area contributed by atoms with Crippen molar-refractivity contribution >= 4 is 22.5 Å². The molecular formula is C24H26N2O4. The summed E-state index contributed by atoms with van der Waals surface area (Å²) in [4.78, 5) is 21.3. The van der Waals surface area contributed by atoms with E-state index in [1.54, 1.807) is 26.4 Å². The number of pyridine rings is 1. The number of carbonyl (C=O) groups is 1. The number of hydrogen-bond acceptors (Lipinski definition) is 6. The van der Waals surface area contributed by atoms with Crippen molar-refractivity contribution in [2.24, 2.45) is 5.16 Å². The van der Waals surface area contributed by atoms with Crippen LogP contribution in [0.4, 0.5) is 0 Å². The minimum absolute atomic E-state index is 0.179. The van der Waals surface area contributed by atoms with E-state index in [0.717, 1.165) is 27.6 Å². The molecule has 0 fully saturated rings. The molecular weight excluding hydrogens is 380 g/mol. The molecule has 0 atom stereocenters. The van der Waals surface area contributed by atoms with E-state index < -0.39 is 0 Å². The fourth-order valence-electron chi connectivity index (χ4n) is 3.20. The summed E-state index contributed by atoms with van der Waals surface area (Å²) in [5.74, 6) is 0.626. The minimum Gasteiger partial charge on any atom is -0.496 e. The van der Waals surface area contributed by atoms with Gasteiger partial charge in [-0.15, -0.1) is 0 Å². The molecule has 0 spiro atoms. The van der Waals surface area contributed by atoms with Gasteiger partial charge in [0.15, 0.2) is 0 Å². The second kappa shape index (κ2) is 11.0. The Morgan fingerprint density at radius 2 is 1.87 bits per heavy atom. The quantitative estimate of drug-likeness (QED) is 0.210. The topological polar surface area (TPSA) is 70.0 Å². The lowest BCUT2D eigenvalue weighted by Gasteiger charge is -2.13. The fourth-order valence-corrected chi connectivity index (χ4v) is 3.20. The zero-order valence-electron chi connectivity index (χ0n) is 17.3. The van der Waals surface area contributed by atoms with Crippen molar-refractivity contribution < 1.29 is 19.1 Å². The minimum atomic E-state index is -0.179. The van der Waals surface area contributed by atoms with E-state index in [-0.39, 0.29) is 5.97 Å². The number of hydrogen-bond donors (Lipinski definition) is 0. The molecule has 0 unspecified atom stereocenters. The number of oxime groups is 1. The van der Waals surface area contributed by atoms with Crippen molar-refractivity contribution in [3.05, 3.63) is 72.1 Å². The van der Waals surface area contributed by atoms with Crippen LogP contribution in [0.5, 0.6) is 5.75 Å². The Morgan fingerprint density at radius 1 is 1.03 bits per heavy atom. The van der Waals surface area contributed by atoms with Crippen molar-refractivity contribution in [1.82, 2.24) is 4.98 Å². The molecule has 0 saturated carbocycles. The van der Waals surface area contributed by atoms with Crippen LogP contribution in [0, 0.1) is 0 Å². The van der Waals surface area contributed by atoms with Crippen LogP contribution in [0.1, 0.15) is 37.3 Å². The maximum Gasteiger partial charge on any atom is 0.305 e. The fraction of sp³-hybridized carbons (Fsp3) is 0.292. The molecule has 6 heteroatoms. The van der Waals surface area contributed by atoms with Gasteiger partial charge in [-0.2, -0.15) is 0 Å². The maximum absolute atomic E-state index is 11.4. The van der Waals surface area contributed by atoms with Gasteiger partial charge in [0.1, 0.15) is 18.1 Å². The Balaban J connectivity index is 1.82. The molecule has 30 heavy (non-hydrogen) atoms. The summed E-state index contributed by atoms with van der Waals surface area (Å²) in [6.07, 6.45) is 5.29.